The van der Waals surface area contributed by atoms with Crippen LogP contribution in [0.4, 0.5) is 0 Å². The Morgan fingerprint density at radius 2 is 2.05 bits per heavy atom. The van der Waals surface area contributed by atoms with Gasteiger partial charge in [0.25, 0.3) is 0 Å². The summed E-state index contributed by atoms with van der Waals surface area (Å²) < 4.78 is 12.6. The molecule has 1 aliphatic rings. The fraction of sp³-hybridized carbons (Fsp3) is 0.467. The lowest BCUT2D eigenvalue weighted by atomic mass is 10.1. The Bertz CT molecular complexity index is 627. The van der Waals surface area contributed by atoms with Gasteiger partial charge in [0.15, 0.2) is 17.3 Å². The van der Waals surface area contributed by atoms with E-state index in [1.165, 1.54) is 5.56 Å². The molecule has 0 radical (unpaired) electrons. The predicted octanol–water partition coefficient (Wildman–Crippen LogP) is 2.23. The van der Waals surface area contributed by atoms with Crippen molar-refractivity contribution >= 4 is 11.8 Å². The predicted molar refractivity (Wildman–Crippen MR) is 83.1 cm³/mol. The number of benzene rings is 1. The Morgan fingerprint density at radius 1 is 1.19 bits per heavy atom. The summed E-state index contributed by atoms with van der Waals surface area (Å²) in [5.74, 6) is 4.70. The Balaban J connectivity index is 1.63. The van der Waals surface area contributed by atoms with Gasteiger partial charge >= 0.3 is 0 Å². The second kappa shape index (κ2) is 6.39. The van der Waals surface area contributed by atoms with Crippen LogP contribution in [0.1, 0.15) is 17.2 Å². The Labute approximate surface area is 128 Å². The molecule has 1 aromatic heterocycles. The molecule has 1 aromatic carbocycles. The Hall–Kier alpha value is -1.69. The zero-order valence-corrected chi connectivity index (χ0v) is 13.2. The molecule has 1 aliphatic heterocycles. The highest BCUT2D eigenvalue weighted by Gasteiger charge is 2.14. The first-order valence-electron chi connectivity index (χ1n) is 7.02. The van der Waals surface area contributed by atoms with Gasteiger partial charge in [-0.1, -0.05) is 6.07 Å². The van der Waals surface area contributed by atoms with Gasteiger partial charge in [-0.2, -0.15) is 16.9 Å². The van der Waals surface area contributed by atoms with Gasteiger partial charge in [0.2, 0.25) is 6.79 Å². The molecule has 6 heteroatoms. The van der Waals surface area contributed by atoms with Gasteiger partial charge in [0, 0.05) is 25.6 Å². The number of nitrogens with zero attached hydrogens (tertiary/aromatic N) is 3. The largest absolute Gasteiger partial charge is 0.454 e. The standard InChI is InChI=1S/C15H19N3O2S/c1-18-15(16-14(17-18)7-8-21-2)6-4-11-3-5-12-13(9-11)20-10-19-12/h3,5,9H,4,6-8,10H2,1-2H3. The normalized spacial score (nSPS) is 12.9. The van der Waals surface area contributed by atoms with Gasteiger partial charge in [-0.05, 0) is 30.4 Å². The van der Waals surface area contributed by atoms with E-state index in [0.29, 0.717) is 6.79 Å². The highest BCUT2D eigenvalue weighted by molar-refractivity contribution is 7.98. The summed E-state index contributed by atoms with van der Waals surface area (Å²) in [5.41, 5.74) is 1.23. The highest BCUT2D eigenvalue weighted by Crippen LogP contribution is 2.32. The van der Waals surface area contributed by atoms with Crippen molar-refractivity contribution in [2.75, 3.05) is 18.8 Å². The SMILES string of the molecule is CSCCc1nc(CCc2ccc3c(c2)OCO3)n(C)n1. The molecule has 0 fully saturated rings. The molecule has 0 aliphatic carbocycles. The Kier molecular flexibility index (Phi) is 4.34. The lowest BCUT2D eigenvalue weighted by Gasteiger charge is -2.03. The minimum Gasteiger partial charge on any atom is -0.454 e. The average molecular weight is 305 g/mol. The molecule has 5 nitrogen and oxygen atoms in total. The van der Waals surface area contributed by atoms with E-state index in [1.54, 1.807) is 0 Å². The zero-order chi connectivity index (χ0) is 14.7. The number of hydrogen-bond acceptors (Lipinski definition) is 5. The topological polar surface area (TPSA) is 49.2 Å². The highest BCUT2D eigenvalue weighted by atomic mass is 32.2. The number of fused-ring (bicyclic) bond motifs is 1. The minimum atomic E-state index is 0.320. The minimum absolute atomic E-state index is 0.320. The van der Waals surface area contributed by atoms with E-state index in [9.17, 15) is 0 Å². The van der Waals surface area contributed by atoms with Crippen LogP contribution in [0.15, 0.2) is 18.2 Å². The van der Waals surface area contributed by atoms with E-state index in [-0.39, 0.29) is 0 Å². The molecule has 112 valence electrons. The molecule has 0 atom stereocenters. The lowest BCUT2D eigenvalue weighted by Crippen LogP contribution is -2.01. The molecule has 0 saturated heterocycles. The van der Waals surface area contributed by atoms with Crippen LogP contribution < -0.4 is 9.47 Å². The van der Waals surface area contributed by atoms with E-state index >= 15 is 0 Å². The van der Waals surface area contributed by atoms with Crippen molar-refractivity contribution in [3.05, 3.63) is 35.4 Å². The van der Waals surface area contributed by atoms with Crippen LogP contribution in [0.25, 0.3) is 0 Å². The molecule has 0 N–H and O–H groups in total. The van der Waals surface area contributed by atoms with E-state index < -0.39 is 0 Å². The van der Waals surface area contributed by atoms with Crippen LogP contribution in [-0.2, 0) is 26.3 Å². The molecule has 3 rings (SSSR count). The number of hydrogen-bond donors (Lipinski definition) is 0. The summed E-state index contributed by atoms with van der Waals surface area (Å²) >= 11 is 1.82. The number of aryl methyl sites for hydroxylation is 4. The van der Waals surface area contributed by atoms with Gasteiger partial charge in [-0.25, -0.2) is 4.98 Å². The third kappa shape index (κ3) is 3.32. The van der Waals surface area contributed by atoms with Crippen molar-refractivity contribution in [3.8, 4) is 11.5 Å². The fourth-order valence-electron chi connectivity index (χ4n) is 2.34. The van der Waals surface area contributed by atoms with Gasteiger partial charge in [-0.3, -0.25) is 4.68 Å². The monoisotopic (exact) mass is 305 g/mol. The Morgan fingerprint density at radius 3 is 2.90 bits per heavy atom. The van der Waals surface area contributed by atoms with E-state index in [4.69, 9.17) is 9.47 Å². The fourth-order valence-corrected chi connectivity index (χ4v) is 2.73. The number of aromatic nitrogens is 3. The van der Waals surface area contributed by atoms with E-state index in [2.05, 4.69) is 22.4 Å². The van der Waals surface area contributed by atoms with Crippen molar-refractivity contribution in [1.82, 2.24) is 14.8 Å². The van der Waals surface area contributed by atoms with Crippen molar-refractivity contribution < 1.29 is 9.47 Å². The summed E-state index contributed by atoms with van der Waals surface area (Å²) in [7, 11) is 1.96. The van der Waals surface area contributed by atoms with Crippen LogP contribution in [0.3, 0.4) is 0 Å². The first-order valence-corrected chi connectivity index (χ1v) is 8.42. The van der Waals surface area contributed by atoms with Crippen molar-refractivity contribution in [1.29, 1.82) is 0 Å². The third-order valence-corrected chi connectivity index (χ3v) is 4.11. The molecule has 0 bridgehead atoms. The van der Waals surface area contributed by atoms with Crippen molar-refractivity contribution in [3.63, 3.8) is 0 Å². The lowest BCUT2D eigenvalue weighted by molar-refractivity contribution is 0.174. The summed E-state index contributed by atoms with van der Waals surface area (Å²) in [6.45, 7) is 0.320. The first kappa shape index (κ1) is 14.3. The van der Waals surface area contributed by atoms with Crippen LogP contribution in [0.5, 0.6) is 11.5 Å². The molecule has 0 spiro atoms. The average Bonchev–Trinajstić information content (AvgIpc) is 3.08. The third-order valence-electron chi connectivity index (χ3n) is 3.50. The van der Waals surface area contributed by atoms with Gasteiger partial charge in [0.05, 0.1) is 0 Å². The second-order valence-electron chi connectivity index (χ2n) is 5.00. The smallest absolute Gasteiger partial charge is 0.231 e. The van der Waals surface area contributed by atoms with Crippen LogP contribution >= 0.6 is 11.8 Å². The van der Waals surface area contributed by atoms with Crippen molar-refractivity contribution in [2.45, 2.75) is 19.3 Å². The molecule has 21 heavy (non-hydrogen) atoms. The van der Waals surface area contributed by atoms with Crippen molar-refractivity contribution in [2.24, 2.45) is 7.05 Å². The maximum atomic E-state index is 5.41. The first-order chi connectivity index (χ1) is 10.3. The summed E-state index contributed by atoms with van der Waals surface area (Å²) in [6, 6.07) is 6.10. The molecular weight excluding hydrogens is 286 g/mol. The second-order valence-corrected chi connectivity index (χ2v) is 5.98. The molecule has 0 amide bonds. The van der Waals surface area contributed by atoms with Crippen LogP contribution in [0.2, 0.25) is 0 Å². The van der Waals surface area contributed by atoms with Crippen LogP contribution in [0, 0.1) is 0 Å². The van der Waals surface area contributed by atoms with Gasteiger partial charge in [0.1, 0.15) is 5.82 Å². The maximum absolute atomic E-state index is 5.41. The number of ether oxygens (including phenoxy) is 2. The maximum Gasteiger partial charge on any atom is 0.231 e. The number of rotatable bonds is 6. The van der Waals surface area contributed by atoms with E-state index in [0.717, 1.165) is 48.2 Å². The van der Waals surface area contributed by atoms with Gasteiger partial charge in [-0.15, -0.1) is 0 Å². The molecule has 0 unspecified atom stereocenters. The molecule has 2 aromatic rings. The quantitative estimate of drug-likeness (QED) is 0.819. The van der Waals surface area contributed by atoms with Gasteiger partial charge < -0.3 is 9.47 Å². The summed E-state index contributed by atoms with van der Waals surface area (Å²) in [4.78, 5) is 4.62. The summed E-state index contributed by atoms with van der Waals surface area (Å²) in [5, 5.41) is 4.47. The van der Waals surface area contributed by atoms with Crippen LogP contribution in [-0.4, -0.2) is 33.6 Å². The zero-order valence-electron chi connectivity index (χ0n) is 12.3. The molecular formula is C15H19N3O2S. The summed E-state index contributed by atoms with van der Waals surface area (Å²) in [6.07, 6.45) is 4.83. The molecule has 0 saturated carbocycles. The van der Waals surface area contributed by atoms with E-state index in [1.807, 2.05) is 35.6 Å². The molecule has 2 heterocycles. The number of thioether (sulfide) groups is 1.